The minimum absolute atomic E-state index is 0.0996. The van der Waals surface area contributed by atoms with Crippen LogP contribution < -0.4 is 15.4 Å². The molecule has 2 atom stereocenters. The Morgan fingerprint density at radius 2 is 1.75 bits per heavy atom. The van der Waals surface area contributed by atoms with Crippen LogP contribution in [0.2, 0.25) is 0 Å². The first-order chi connectivity index (χ1) is 17.2. The van der Waals surface area contributed by atoms with E-state index < -0.39 is 12.1 Å². The summed E-state index contributed by atoms with van der Waals surface area (Å²) in [6, 6.07) is 15.2. The van der Waals surface area contributed by atoms with Gasteiger partial charge >= 0.3 is 6.03 Å². The van der Waals surface area contributed by atoms with Crippen molar-refractivity contribution < 1.29 is 19.1 Å². The Morgan fingerprint density at radius 3 is 2.42 bits per heavy atom. The van der Waals surface area contributed by atoms with Crippen LogP contribution in [0.25, 0.3) is 0 Å². The van der Waals surface area contributed by atoms with E-state index in [-0.39, 0.29) is 30.3 Å². The maximum Gasteiger partial charge on any atom is 0.322 e. The monoisotopic (exact) mass is 490 g/mol. The number of nitrogens with one attached hydrogen (secondary N) is 2. The summed E-state index contributed by atoms with van der Waals surface area (Å²) in [6.07, 6.45) is 0. The first-order valence-corrected chi connectivity index (χ1v) is 12.4. The Balaban J connectivity index is 1.64. The van der Waals surface area contributed by atoms with E-state index in [4.69, 9.17) is 4.74 Å². The Kier molecular flexibility index (Phi) is 7.33. The Morgan fingerprint density at radius 1 is 1.06 bits per heavy atom. The predicted octanol–water partition coefficient (Wildman–Crippen LogP) is 4.07. The first-order valence-electron chi connectivity index (χ1n) is 12.4. The van der Waals surface area contributed by atoms with Crippen molar-refractivity contribution in [2.24, 2.45) is 11.8 Å². The lowest BCUT2D eigenvalue weighted by Gasteiger charge is -2.31. The zero-order valence-corrected chi connectivity index (χ0v) is 21.4. The summed E-state index contributed by atoms with van der Waals surface area (Å²) in [5.41, 5.74) is 1.83. The van der Waals surface area contributed by atoms with Gasteiger partial charge in [-0.25, -0.2) is 4.79 Å². The number of carbonyl (C=O) groups is 3. The number of rotatable bonds is 8. The van der Waals surface area contributed by atoms with Crippen molar-refractivity contribution in [2.45, 2.75) is 39.8 Å². The molecule has 190 valence electrons. The molecule has 0 unspecified atom stereocenters. The molecule has 0 radical (unpaired) electrons. The summed E-state index contributed by atoms with van der Waals surface area (Å²) in [5.74, 6) is 1.07. The second-order valence-corrected chi connectivity index (χ2v) is 10.1. The van der Waals surface area contributed by atoms with E-state index in [0.29, 0.717) is 35.2 Å². The van der Waals surface area contributed by atoms with Crippen molar-refractivity contribution >= 4 is 17.8 Å². The highest BCUT2D eigenvalue weighted by Crippen LogP contribution is 2.38. The number of urea groups is 1. The number of benzene rings is 2. The van der Waals surface area contributed by atoms with Gasteiger partial charge in [0.25, 0.3) is 5.91 Å². The van der Waals surface area contributed by atoms with Crippen molar-refractivity contribution in [1.29, 1.82) is 0 Å². The SMILES string of the molecule is CC(C)CNC(=O)[C@H](C(C)C)N1CC2=C(C1=O)[C@@H](c1cccc(Oc3ccccc3)c1)NC(=O)N2C. The number of hydrogen-bond acceptors (Lipinski definition) is 4. The fraction of sp³-hybridized carbons (Fsp3) is 0.393. The summed E-state index contributed by atoms with van der Waals surface area (Å²) in [7, 11) is 1.65. The van der Waals surface area contributed by atoms with Gasteiger partial charge in [-0.2, -0.15) is 0 Å². The number of likely N-dealkylation sites (N-methyl/N-ethyl adjacent to an activating group) is 1. The van der Waals surface area contributed by atoms with E-state index in [1.165, 1.54) is 4.90 Å². The summed E-state index contributed by atoms with van der Waals surface area (Å²) >= 11 is 0. The zero-order valence-electron chi connectivity index (χ0n) is 21.4. The lowest BCUT2D eigenvalue weighted by molar-refractivity contribution is -0.138. The molecule has 0 saturated heterocycles. The number of para-hydroxylation sites is 1. The molecule has 0 bridgehead atoms. The van der Waals surface area contributed by atoms with Crippen LogP contribution in [0.15, 0.2) is 65.9 Å². The Labute approximate surface area is 212 Å². The summed E-state index contributed by atoms with van der Waals surface area (Å²) < 4.78 is 5.98. The standard InChI is InChI=1S/C28H34N4O4/c1-17(2)15-29-26(33)25(18(3)4)32-16-22-23(27(32)34)24(30-28(35)31(22)5)19-10-9-13-21(14-19)36-20-11-7-6-8-12-20/h6-14,17-18,24-25H,15-16H2,1-5H3,(H,29,33)(H,30,35)/t24-,25+/m1/s1. The van der Waals surface area contributed by atoms with Crippen LogP contribution in [0.3, 0.4) is 0 Å². The lowest BCUT2D eigenvalue weighted by Crippen LogP contribution is -2.52. The van der Waals surface area contributed by atoms with Gasteiger partial charge < -0.3 is 20.3 Å². The van der Waals surface area contributed by atoms with Gasteiger partial charge in [-0.05, 0) is 41.7 Å². The molecule has 4 rings (SSSR count). The van der Waals surface area contributed by atoms with Gasteiger partial charge in [0.05, 0.1) is 23.9 Å². The van der Waals surface area contributed by atoms with Crippen LogP contribution in [0.5, 0.6) is 11.5 Å². The molecule has 8 heteroatoms. The Bertz CT molecular complexity index is 1180. The molecule has 0 fully saturated rings. The molecule has 8 nitrogen and oxygen atoms in total. The third kappa shape index (κ3) is 5.08. The average Bonchev–Trinajstić information content (AvgIpc) is 3.17. The van der Waals surface area contributed by atoms with Crippen LogP contribution in [0.1, 0.15) is 39.3 Å². The van der Waals surface area contributed by atoms with Gasteiger partial charge in [0.1, 0.15) is 17.5 Å². The molecule has 36 heavy (non-hydrogen) atoms. The van der Waals surface area contributed by atoms with Crippen LogP contribution in [0, 0.1) is 11.8 Å². The van der Waals surface area contributed by atoms with E-state index in [1.54, 1.807) is 11.9 Å². The highest BCUT2D eigenvalue weighted by atomic mass is 16.5. The second-order valence-electron chi connectivity index (χ2n) is 10.1. The van der Waals surface area contributed by atoms with Gasteiger partial charge in [0, 0.05) is 13.6 Å². The number of carbonyl (C=O) groups excluding carboxylic acids is 3. The minimum Gasteiger partial charge on any atom is -0.457 e. The molecule has 4 amide bonds. The first kappa shape index (κ1) is 25.3. The molecular formula is C28H34N4O4. The van der Waals surface area contributed by atoms with E-state index in [0.717, 1.165) is 5.56 Å². The van der Waals surface area contributed by atoms with E-state index in [2.05, 4.69) is 10.6 Å². The molecule has 2 N–H and O–H groups in total. The minimum atomic E-state index is -0.646. The van der Waals surface area contributed by atoms with Crippen LogP contribution >= 0.6 is 0 Å². The fourth-order valence-corrected chi connectivity index (χ4v) is 4.66. The normalized spacial score (nSPS) is 18.5. The van der Waals surface area contributed by atoms with Crippen molar-refractivity contribution in [3.63, 3.8) is 0 Å². The number of ether oxygens (including phenoxy) is 1. The molecular weight excluding hydrogens is 456 g/mol. The zero-order chi connectivity index (χ0) is 26.0. The number of hydrogen-bond donors (Lipinski definition) is 2. The molecule has 2 heterocycles. The predicted molar refractivity (Wildman–Crippen MR) is 137 cm³/mol. The van der Waals surface area contributed by atoms with E-state index in [1.807, 2.05) is 82.3 Å². The van der Waals surface area contributed by atoms with Crippen molar-refractivity contribution in [2.75, 3.05) is 20.1 Å². The summed E-state index contributed by atoms with van der Waals surface area (Å²) in [4.78, 5) is 42.9. The summed E-state index contributed by atoms with van der Waals surface area (Å²) in [6.45, 7) is 8.65. The van der Waals surface area contributed by atoms with Crippen molar-refractivity contribution in [1.82, 2.24) is 20.4 Å². The molecule has 0 aromatic heterocycles. The maximum absolute atomic E-state index is 13.8. The maximum atomic E-state index is 13.8. The van der Waals surface area contributed by atoms with Gasteiger partial charge in [0.15, 0.2) is 0 Å². The van der Waals surface area contributed by atoms with Gasteiger partial charge in [0.2, 0.25) is 5.91 Å². The molecule has 2 aliphatic heterocycles. The largest absolute Gasteiger partial charge is 0.457 e. The molecule has 2 aromatic rings. The fourth-order valence-electron chi connectivity index (χ4n) is 4.66. The molecule has 0 spiro atoms. The highest BCUT2D eigenvalue weighted by Gasteiger charge is 2.47. The second kappa shape index (κ2) is 10.4. The van der Waals surface area contributed by atoms with Gasteiger partial charge in [-0.1, -0.05) is 58.0 Å². The highest BCUT2D eigenvalue weighted by molar-refractivity contribution is 6.03. The lowest BCUT2D eigenvalue weighted by atomic mass is 9.95. The number of amides is 4. The van der Waals surface area contributed by atoms with Crippen molar-refractivity contribution in [3.05, 3.63) is 71.4 Å². The molecule has 2 aliphatic rings. The molecule has 2 aromatic carbocycles. The van der Waals surface area contributed by atoms with Crippen LogP contribution in [-0.2, 0) is 9.59 Å². The van der Waals surface area contributed by atoms with E-state index >= 15 is 0 Å². The third-order valence-electron chi connectivity index (χ3n) is 6.48. The third-order valence-corrected chi connectivity index (χ3v) is 6.48. The topological polar surface area (TPSA) is 91.0 Å². The summed E-state index contributed by atoms with van der Waals surface area (Å²) in [5, 5.41) is 5.93. The van der Waals surface area contributed by atoms with Crippen LogP contribution in [-0.4, -0.2) is 53.8 Å². The van der Waals surface area contributed by atoms with E-state index in [9.17, 15) is 14.4 Å². The smallest absolute Gasteiger partial charge is 0.322 e. The van der Waals surface area contributed by atoms with Crippen molar-refractivity contribution in [3.8, 4) is 11.5 Å². The Hall–Kier alpha value is -3.81. The van der Waals surface area contributed by atoms with Gasteiger partial charge in [-0.15, -0.1) is 0 Å². The average molecular weight is 491 g/mol. The quantitative estimate of drug-likeness (QED) is 0.584. The van der Waals surface area contributed by atoms with Crippen LogP contribution in [0.4, 0.5) is 4.79 Å². The van der Waals surface area contributed by atoms with Gasteiger partial charge in [-0.3, -0.25) is 14.5 Å². The number of nitrogens with zero attached hydrogens (tertiary/aromatic N) is 2. The molecule has 0 saturated carbocycles. The molecule has 0 aliphatic carbocycles.